The Morgan fingerprint density at radius 1 is 0.964 bits per heavy atom. The second-order valence-electron chi connectivity index (χ2n) is 6.08. The van der Waals surface area contributed by atoms with Gasteiger partial charge in [-0.15, -0.1) is 0 Å². The van der Waals surface area contributed by atoms with Gasteiger partial charge < -0.3 is 11.1 Å². The molecule has 0 fully saturated rings. The van der Waals surface area contributed by atoms with Gasteiger partial charge in [0, 0.05) is 36.2 Å². The molecule has 0 aliphatic rings. The van der Waals surface area contributed by atoms with Gasteiger partial charge in [-0.1, -0.05) is 30.3 Å². The molecule has 1 atom stereocenters. The Morgan fingerprint density at radius 3 is 2.25 bits per heavy atom. The molecule has 0 saturated carbocycles. The molecule has 1 amide bonds. The Kier molecular flexibility index (Phi) is 6.15. The van der Waals surface area contributed by atoms with Gasteiger partial charge in [-0.3, -0.25) is 9.78 Å². The maximum Gasteiger partial charge on any atom is 0.255 e. The molecule has 28 heavy (non-hydrogen) atoms. The van der Waals surface area contributed by atoms with Crippen molar-refractivity contribution in [2.24, 2.45) is 5.73 Å². The van der Waals surface area contributed by atoms with Crippen LogP contribution < -0.4 is 15.8 Å². The minimum Gasteiger partial charge on any atom is -0.323 e. The summed E-state index contributed by atoms with van der Waals surface area (Å²) in [4.78, 5) is 16.3. The summed E-state index contributed by atoms with van der Waals surface area (Å²) in [6, 6.07) is 17.7. The predicted molar refractivity (Wildman–Crippen MR) is 107 cm³/mol. The van der Waals surface area contributed by atoms with Crippen molar-refractivity contribution in [3.8, 4) is 0 Å². The summed E-state index contributed by atoms with van der Waals surface area (Å²) in [6.07, 6.45) is 3.18. The first-order chi connectivity index (χ1) is 13.5. The van der Waals surface area contributed by atoms with Gasteiger partial charge in [0.05, 0.1) is 4.90 Å². The quantitative estimate of drug-likeness (QED) is 0.567. The summed E-state index contributed by atoms with van der Waals surface area (Å²) in [7, 11) is -3.62. The summed E-state index contributed by atoms with van der Waals surface area (Å²) in [5.41, 5.74) is 7.93. The fourth-order valence-corrected chi connectivity index (χ4v) is 3.60. The lowest BCUT2D eigenvalue weighted by molar-refractivity contribution is 0.102. The van der Waals surface area contributed by atoms with Crippen LogP contribution in [0.25, 0.3) is 0 Å². The maximum atomic E-state index is 12.3. The fourth-order valence-electron chi connectivity index (χ4n) is 2.52. The van der Waals surface area contributed by atoms with E-state index in [9.17, 15) is 13.2 Å². The summed E-state index contributed by atoms with van der Waals surface area (Å²) in [5, 5.41) is 2.77. The van der Waals surface area contributed by atoms with E-state index in [0.29, 0.717) is 11.3 Å². The number of sulfonamides is 1. The number of aromatic nitrogens is 1. The molecule has 2 aromatic carbocycles. The Bertz CT molecular complexity index is 1020. The average molecular weight is 396 g/mol. The predicted octanol–water partition coefficient (Wildman–Crippen LogP) is 2.31. The fraction of sp³-hybridized carbons (Fsp3) is 0.100. The molecule has 1 aromatic heterocycles. The molecule has 7 nitrogen and oxygen atoms in total. The molecule has 0 spiro atoms. The third-order valence-corrected chi connectivity index (χ3v) is 5.53. The molecule has 0 aliphatic carbocycles. The molecular weight excluding hydrogens is 376 g/mol. The van der Waals surface area contributed by atoms with Crippen LogP contribution in [0.4, 0.5) is 5.69 Å². The molecule has 0 aliphatic heterocycles. The molecule has 0 bridgehead atoms. The standard InChI is InChI=1S/C20H20N4O3S/c21-19(14-23-28(26,27)18-4-2-1-3-5-18)15-6-8-16(9-7-15)20(25)24-17-10-12-22-13-11-17/h1-13,19,23H,14,21H2,(H,22,24,25). The van der Waals surface area contributed by atoms with Gasteiger partial charge >= 0.3 is 0 Å². The molecule has 0 radical (unpaired) electrons. The van der Waals surface area contributed by atoms with Crippen molar-refractivity contribution >= 4 is 21.6 Å². The van der Waals surface area contributed by atoms with Crippen LogP contribution in [0.5, 0.6) is 0 Å². The van der Waals surface area contributed by atoms with E-state index >= 15 is 0 Å². The highest BCUT2D eigenvalue weighted by atomic mass is 32.2. The topological polar surface area (TPSA) is 114 Å². The number of pyridine rings is 1. The summed E-state index contributed by atoms with van der Waals surface area (Å²) >= 11 is 0. The first-order valence-corrected chi connectivity index (χ1v) is 10.1. The first kappa shape index (κ1) is 19.7. The molecular formula is C20H20N4O3S. The molecule has 1 unspecified atom stereocenters. The summed E-state index contributed by atoms with van der Waals surface area (Å²) in [5.74, 6) is -0.254. The van der Waals surface area contributed by atoms with E-state index in [2.05, 4.69) is 15.0 Å². The van der Waals surface area contributed by atoms with Crippen molar-refractivity contribution in [1.82, 2.24) is 9.71 Å². The average Bonchev–Trinajstić information content (AvgIpc) is 2.73. The number of nitrogens with two attached hydrogens (primary N) is 1. The van der Waals surface area contributed by atoms with Gasteiger partial charge in [0.25, 0.3) is 5.91 Å². The van der Waals surface area contributed by atoms with Crippen LogP contribution in [-0.4, -0.2) is 25.9 Å². The molecule has 0 saturated heterocycles. The number of hydrogen-bond donors (Lipinski definition) is 3. The zero-order valence-corrected chi connectivity index (χ0v) is 15.8. The van der Waals surface area contributed by atoms with Crippen LogP contribution in [-0.2, 0) is 10.0 Å². The molecule has 3 rings (SSSR count). The first-order valence-electron chi connectivity index (χ1n) is 8.57. The van der Waals surface area contributed by atoms with Crippen LogP contribution in [0.3, 0.4) is 0 Å². The Balaban J connectivity index is 1.60. The van der Waals surface area contributed by atoms with E-state index in [1.807, 2.05) is 0 Å². The number of amides is 1. The number of rotatable bonds is 7. The smallest absolute Gasteiger partial charge is 0.255 e. The van der Waals surface area contributed by atoms with Crippen molar-refractivity contribution in [3.63, 3.8) is 0 Å². The highest BCUT2D eigenvalue weighted by Gasteiger charge is 2.16. The third-order valence-electron chi connectivity index (χ3n) is 4.09. The van der Waals surface area contributed by atoms with E-state index in [-0.39, 0.29) is 17.3 Å². The minimum atomic E-state index is -3.62. The summed E-state index contributed by atoms with van der Waals surface area (Å²) < 4.78 is 27.0. The maximum absolute atomic E-state index is 12.3. The lowest BCUT2D eigenvalue weighted by atomic mass is 10.1. The zero-order chi connectivity index (χ0) is 20.0. The minimum absolute atomic E-state index is 0.0415. The zero-order valence-electron chi connectivity index (χ0n) is 14.9. The third kappa shape index (κ3) is 5.01. The van der Waals surface area contributed by atoms with Crippen LogP contribution in [0.2, 0.25) is 0 Å². The number of nitrogens with one attached hydrogen (secondary N) is 2. The molecule has 8 heteroatoms. The van der Waals surface area contributed by atoms with Crippen molar-refractivity contribution < 1.29 is 13.2 Å². The van der Waals surface area contributed by atoms with Crippen LogP contribution in [0, 0.1) is 0 Å². The Labute approximate surface area is 163 Å². The number of anilines is 1. The highest BCUT2D eigenvalue weighted by Crippen LogP contribution is 2.14. The molecule has 4 N–H and O–H groups in total. The van der Waals surface area contributed by atoms with Crippen molar-refractivity contribution in [2.45, 2.75) is 10.9 Å². The van der Waals surface area contributed by atoms with E-state index in [0.717, 1.165) is 5.56 Å². The molecule has 3 aromatic rings. The van der Waals surface area contributed by atoms with Crippen LogP contribution >= 0.6 is 0 Å². The Hall–Kier alpha value is -3.07. The largest absolute Gasteiger partial charge is 0.323 e. The monoisotopic (exact) mass is 396 g/mol. The second-order valence-corrected chi connectivity index (χ2v) is 7.85. The number of nitrogens with zero attached hydrogens (tertiary/aromatic N) is 1. The lowest BCUT2D eigenvalue weighted by Gasteiger charge is -2.14. The van der Waals surface area contributed by atoms with Gasteiger partial charge in [-0.25, -0.2) is 13.1 Å². The number of hydrogen-bond acceptors (Lipinski definition) is 5. The summed E-state index contributed by atoms with van der Waals surface area (Å²) in [6.45, 7) is 0.0415. The van der Waals surface area contributed by atoms with Gasteiger partial charge in [0.1, 0.15) is 0 Å². The van der Waals surface area contributed by atoms with E-state index in [1.165, 1.54) is 12.1 Å². The SMILES string of the molecule is NC(CNS(=O)(=O)c1ccccc1)c1ccc(C(=O)Nc2ccncc2)cc1. The molecule has 1 heterocycles. The van der Waals surface area contributed by atoms with Crippen molar-refractivity contribution in [2.75, 3.05) is 11.9 Å². The van der Waals surface area contributed by atoms with E-state index in [4.69, 9.17) is 5.73 Å². The van der Waals surface area contributed by atoms with Crippen LogP contribution in [0.1, 0.15) is 22.0 Å². The van der Waals surface area contributed by atoms with E-state index in [1.54, 1.807) is 67.0 Å². The van der Waals surface area contributed by atoms with Gasteiger partial charge in [0.2, 0.25) is 10.0 Å². The van der Waals surface area contributed by atoms with Gasteiger partial charge in [-0.05, 0) is 42.0 Å². The number of carbonyl (C=O) groups excluding carboxylic acids is 1. The van der Waals surface area contributed by atoms with Crippen molar-refractivity contribution in [3.05, 3.63) is 90.3 Å². The van der Waals surface area contributed by atoms with Gasteiger partial charge in [0.15, 0.2) is 0 Å². The second kappa shape index (κ2) is 8.75. The molecule has 144 valence electrons. The van der Waals surface area contributed by atoms with Crippen LogP contribution in [0.15, 0.2) is 84.0 Å². The normalized spacial score (nSPS) is 12.3. The van der Waals surface area contributed by atoms with Crippen molar-refractivity contribution in [1.29, 1.82) is 0 Å². The van der Waals surface area contributed by atoms with E-state index < -0.39 is 16.1 Å². The Morgan fingerprint density at radius 2 is 1.61 bits per heavy atom. The lowest BCUT2D eigenvalue weighted by Crippen LogP contribution is -2.32. The number of carbonyl (C=O) groups is 1. The number of benzene rings is 2. The highest BCUT2D eigenvalue weighted by molar-refractivity contribution is 7.89. The van der Waals surface area contributed by atoms with Gasteiger partial charge in [-0.2, -0.15) is 0 Å².